The van der Waals surface area contributed by atoms with Crippen LogP contribution in [0.25, 0.3) is 0 Å². The molecule has 34 heavy (non-hydrogen) atoms. The van der Waals surface area contributed by atoms with Crippen LogP contribution in [0.3, 0.4) is 0 Å². The van der Waals surface area contributed by atoms with Gasteiger partial charge in [-0.05, 0) is 62.2 Å². The molecule has 1 N–H and O–H groups in total. The number of nitrogens with zero attached hydrogens (tertiary/aromatic N) is 2. The Bertz CT molecular complexity index is 1130. The Balaban J connectivity index is 2.31. The van der Waals surface area contributed by atoms with E-state index < -0.39 is 28.5 Å². The summed E-state index contributed by atoms with van der Waals surface area (Å²) in [7, 11) is -2.65. The Hall–Kier alpha value is -1.84. The summed E-state index contributed by atoms with van der Waals surface area (Å²) in [5.74, 6) is -0.908. The number of amides is 2. The zero-order chi connectivity index (χ0) is 25.6. The first kappa shape index (κ1) is 28.4. The zero-order valence-electron chi connectivity index (χ0n) is 19.4. The van der Waals surface area contributed by atoms with E-state index >= 15 is 0 Å². The Morgan fingerprint density at radius 2 is 1.59 bits per heavy atom. The van der Waals surface area contributed by atoms with Crippen molar-refractivity contribution in [3.63, 3.8) is 0 Å². The Kier molecular flexibility index (Phi) is 10.2. The molecule has 2 aromatic rings. The molecule has 0 aliphatic rings. The molecule has 0 aromatic heterocycles. The van der Waals surface area contributed by atoms with Crippen LogP contribution in [-0.2, 0) is 26.2 Å². The number of halogens is 3. The van der Waals surface area contributed by atoms with Crippen LogP contribution in [0.4, 0.5) is 0 Å². The monoisotopic (exact) mass is 547 g/mol. The van der Waals surface area contributed by atoms with Gasteiger partial charge in [-0.15, -0.1) is 0 Å². The minimum atomic E-state index is -3.96. The van der Waals surface area contributed by atoms with Gasteiger partial charge in [-0.1, -0.05) is 47.8 Å². The second-order valence-electron chi connectivity index (χ2n) is 7.97. The fourth-order valence-corrected chi connectivity index (χ4v) is 4.75. The standard InChI is InChI=1S/C23H28Cl3N3O4S/c1-5-15(2)27-23(31)16(3)29(13-17-6-7-19(25)12-21(17)26)22(30)14-28(4)34(32,33)20-10-8-18(24)9-11-20/h6-12,15-16H,5,13-14H2,1-4H3,(H,27,31)/t15-,16+/m0/s1. The molecule has 186 valence electrons. The first-order chi connectivity index (χ1) is 15.9. The molecular formula is C23H28Cl3N3O4S. The van der Waals surface area contributed by atoms with Gasteiger partial charge in [0.25, 0.3) is 0 Å². The van der Waals surface area contributed by atoms with E-state index in [-0.39, 0.29) is 23.4 Å². The second-order valence-corrected chi connectivity index (χ2v) is 11.3. The molecule has 0 saturated heterocycles. The van der Waals surface area contributed by atoms with Gasteiger partial charge < -0.3 is 10.2 Å². The van der Waals surface area contributed by atoms with Gasteiger partial charge >= 0.3 is 0 Å². The quantitative estimate of drug-likeness (QED) is 0.470. The van der Waals surface area contributed by atoms with Crippen molar-refractivity contribution < 1.29 is 18.0 Å². The molecule has 2 aromatic carbocycles. The van der Waals surface area contributed by atoms with E-state index in [1.54, 1.807) is 25.1 Å². The second kappa shape index (κ2) is 12.2. The average molecular weight is 549 g/mol. The summed E-state index contributed by atoms with van der Waals surface area (Å²) in [5.41, 5.74) is 0.575. The third kappa shape index (κ3) is 7.33. The highest BCUT2D eigenvalue weighted by Gasteiger charge is 2.31. The molecule has 7 nitrogen and oxygen atoms in total. The van der Waals surface area contributed by atoms with Gasteiger partial charge in [0, 0.05) is 34.7 Å². The molecule has 0 saturated carbocycles. The van der Waals surface area contributed by atoms with Crippen molar-refractivity contribution in [3.05, 3.63) is 63.1 Å². The van der Waals surface area contributed by atoms with Crippen LogP contribution in [0.1, 0.15) is 32.8 Å². The minimum absolute atomic E-state index is 0.00123. The van der Waals surface area contributed by atoms with Crippen LogP contribution in [0.5, 0.6) is 0 Å². The van der Waals surface area contributed by atoms with Crippen LogP contribution in [-0.4, -0.2) is 55.1 Å². The maximum atomic E-state index is 13.3. The molecule has 2 amide bonds. The number of carbonyl (C=O) groups excluding carboxylic acids is 2. The Morgan fingerprint density at radius 1 is 1.00 bits per heavy atom. The number of rotatable bonds is 10. The summed E-state index contributed by atoms with van der Waals surface area (Å²) < 4.78 is 26.8. The number of nitrogens with one attached hydrogen (secondary N) is 1. The third-order valence-electron chi connectivity index (χ3n) is 5.40. The number of hydrogen-bond acceptors (Lipinski definition) is 4. The summed E-state index contributed by atoms with van der Waals surface area (Å²) in [6, 6.07) is 9.53. The van der Waals surface area contributed by atoms with Crippen molar-refractivity contribution in [2.24, 2.45) is 0 Å². The normalized spacial score (nSPS) is 13.4. The van der Waals surface area contributed by atoms with Crippen LogP contribution in [0, 0.1) is 0 Å². The lowest BCUT2D eigenvalue weighted by molar-refractivity contribution is -0.140. The molecule has 11 heteroatoms. The maximum Gasteiger partial charge on any atom is 0.243 e. The van der Waals surface area contributed by atoms with E-state index in [0.29, 0.717) is 20.6 Å². The van der Waals surface area contributed by atoms with Crippen molar-refractivity contribution >= 4 is 56.6 Å². The number of sulfonamides is 1. The van der Waals surface area contributed by atoms with Gasteiger partial charge in [-0.3, -0.25) is 9.59 Å². The molecular weight excluding hydrogens is 521 g/mol. The van der Waals surface area contributed by atoms with Crippen molar-refractivity contribution in [1.82, 2.24) is 14.5 Å². The van der Waals surface area contributed by atoms with Crippen LogP contribution >= 0.6 is 34.8 Å². The number of likely N-dealkylation sites (N-methyl/N-ethyl adjacent to an activating group) is 1. The molecule has 2 rings (SSSR count). The maximum absolute atomic E-state index is 13.3. The zero-order valence-corrected chi connectivity index (χ0v) is 22.5. The average Bonchev–Trinajstić information content (AvgIpc) is 2.78. The van der Waals surface area contributed by atoms with Crippen molar-refractivity contribution in [2.75, 3.05) is 13.6 Å². The van der Waals surface area contributed by atoms with Crippen molar-refractivity contribution in [3.8, 4) is 0 Å². The molecule has 0 spiro atoms. The SMILES string of the molecule is CC[C@H](C)NC(=O)[C@@H](C)N(Cc1ccc(Cl)cc1Cl)C(=O)CN(C)S(=O)(=O)c1ccc(Cl)cc1. The first-order valence-electron chi connectivity index (χ1n) is 10.6. The highest BCUT2D eigenvalue weighted by molar-refractivity contribution is 7.89. The predicted molar refractivity (Wildman–Crippen MR) is 136 cm³/mol. The van der Waals surface area contributed by atoms with Crippen LogP contribution < -0.4 is 5.32 Å². The minimum Gasteiger partial charge on any atom is -0.352 e. The summed E-state index contributed by atoms with van der Waals surface area (Å²) in [5, 5.41) is 4.02. The van der Waals surface area contributed by atoms with Gasteiger partial charge in [-0.2, -0.15) is 4.31 Å². The van der Waals surface area contributed by atoms with Crippen molar-refractivity contribution in [2.45, 2.75) is 50.7 Å². The largest absolute Gasteiger partial charge is 0.352 e. The molecule has 0 radical (unpaired) electrons. The third-order valence-corrected chi connectivity index (χ3v) is 8.06. The topological polar surface area (TPSA) is 86.8 Å². The van der Waals surface area contributed by atoms with E-state index in [4.69, 9.17) is 34.8 Å². The van der Waals surface area contributed by atoms with E-state index in [0.717, 1.165) is 10.7 Å². The van der Waals surface area contributed by atoms with Gasteiger partial charge in [0.05, 0.1) is 11.4 Å². The highest BCUT2D eigenvalue weighted by Crippen LogP contribution is 2.24. The molecule has 0 unspecified atom stereocenters. The summed E-state index contributed by atoms with van der Waals surface area (Å²) in [6.45, 7) is 4.91. The van der Waals surface area contributed by atoms with E-state index in [1.165, 1.54) is 36.2 Å². The van der Waals surface area contributed by atoms with Gasteiger partial charge in [-0.25, -0.2) is 8.42 Å². The van der Waals surface area contributed by atoms with E-state index in [2.05, 4.69) is 5.32 Å². The lowest BCUT2D eigenvalue weighted by Crippen LogP contribution is -2.51. The van der Waals surface area contributed by atoms with Gasteiger partial charge in [0.2, 0.25) is 21.8 Å². The molecule has 0 bridgehead atoms. The Labute approximate surface area is 216 Å². The summed E-state index contributed by atoms with van der Waals surface area (Å²) >= 11 is 18.1. The smallest absolute Gasteiger partial charge is 0.243 e. The fourth-order valence-electron chi connectivity index (χ4n) is 3.03. The van der Waals surface area contributed by atoms with Crippen LogP contribution in [0.2, 0.25) is 15.1 Å². The number of hydrogen-bond donors (Lipinski definition) is 1. The molecule has 0 heterocycles. The summed E-state index contributed by atoms with van der Waals surface area (Å²) in [6.07, 6.45) is 0.720. The molecule has 0 aliphatic carbocycles. The Morgan fingerprint density at radius 3 is 2.15 bits per heavy atom. The predicted octanol–water partition coefficient (Wildman–Crippen LogP) is 4.60. The first-order valence-corrected chi connectivity index (χ1v) is 13.2. The molecule has 2 atom stereocenters. The van der Waals surface area contributed by atoms with Gasteiger partial charge in [0.15, 0.2) is 0 Å². The number of carbonyl (C=O) groups is 2. The van der Waals surface area contributed by atoms with Gasteiger partial charge in [0.1, 0.15) is 6.04 Å². The molecule has 0 aliphatic heterocycles. The summed E-state index contributed by atoms with van der Waals surface area (Å²) in [4.78, 5) is 27.4. The van der Waals surface area contributed by atoms with Crippen molar-refractivity contribution in [1.29, 1.82) is 0 Å². The highest BCUT2D eigenvalue weighted by atomic mass is 35.5. The lowest BCUT2D eigenvalue weighted by Gasteiger charge is -2.31. The lowest BCUT2D eigenvalue weighted by atomic mass is 10.1. The fraction of sp³-hybridized carbons (Fsp3) is 0.391. The number of benzene rings is 2. The molecule has 0 fully saturated rings. The van der Waals surface area contributed by atoms with E-state index in [1.807, 2.05) is 13.8 Å². The van der Waals surface area contributed by atoms with E-state index in [9.17, 15) is 18.0 Å². The van der Waals surface area contributed by atoms with Crippen LogP contribution in [0.15, 0.2) is 47.4 Å².